The zero-order chi connectivity index (χ0) is 19.8. The first-order valence-electron chi connectivity index (χ1n) is 8.46. The monoisotopic (exact) mass is 402 g/mol. The number of non-ortho nitro benzene ring substituents is 1. The van der Waals surface area contributed by atoms with Crippen LogP contribution in [-0.2, 0) is 9.53 Å². The maximum Gasteiger partial charge on any atom is 0.270 e. The molecule has 28 heavy (non-hydrogen) atoms. The van der Waals surface area contributed by atoms with Crippen LogP contribution in [0.3, 0.4) is 0 Å². The topological polar surface area (TPSA) is 123 Å². The number of rotatable bonds is 7. The largest absolute Gasteiger partial charge is 0.378 e. The molecule has 0 unspecified atom stereocenters. The molecular weight excluding hydrogens is 384 g/mol. The van der Waals surface area contributed by atoms with Gasteiger partial charge in [0.05, 0.1) is 30.1 Å². The number of hydrazone groups is 1. The second-order valence-electron chi connectivity index (χ2n) is 5.71. The van der Waals surface area contributed by atoms with Gasteiger partial charge in [0.1, 0.15) is 0 Å². The average Bonchev–Trinajstić information content (AvgIpc) is 2.73. The van der Waals surface area contributed by atoms with E-state index in [4.69, 9.17) is 4.74 Å². The van der Waals surface area contributed by atoms with Crippen LogP contribution in [0.15, 0.2) is 46.9 Å². The number of hydrogen-bond donors (Lipinski definition) is 1. The number of ether oxygens (including phenoxy) is 1. The highest BCUT2D eigenvalue weighted by molar-refractivity contribution is 7.99. The van der Waals surface area contributed by atoms with Gasteiger partial charge in [-0.2, -0.15) is 5.10 Å². The van der Waals surface area contributed by atoms with Crippen molar-refractivity contribution in [2.45, 2.75) is 5.16 Å². The van der Waals surface area contributed by atoms with Gasteiger partial charge in [0.25, 0.3) is 11.6 Å². The average molecular weight is 402 g/mol. The van der Waals surface area contributed by atoms with E-state index in [-0.39, 0.29) is 17.3 Å². The van der Waals surface area contributed by atoms with Crippen molar-refractivity contribution in [3.63, 3.8) is 0 Å². The maximum absolute atomic E-state index is 11.9. The molecule has 1 saturated heterocycles. The molecule has 2 aromatic rings. The molecule has 0 radical (unpaired) electrons. The van der Waals surface area contributed by atoms with Crippen LogP contribution >= 0.6 is 11.8 Å². The van der Waals surface area contributed by atoms with E-state index in [1.54, 1.807) is 24.5 Å². The normalized spacial score (nSPS) is 14.2. The van der Waals surface area contributed by atoms with Gasteiger partial charge in [0.2, 0.25) is 0 Å². The Kier molecular flexibility index (Phi) is 6.87. The van der Waals surface area contributed by atoms with Gasteiger partial charge < -0.3 is 9.64 Å². The summed E-state index contributed by atoms with van der Waals surface area (Å²) in [5.74, 6) is -0.223. The lowest BCUT2D eigenvalue weighted by molar-refractivity contribution is -0.384. The van der Waals surface area contributed by atoms with E-state index in [2.05, 4.69) is 25.4 Å². The van der Waals surface area contributed by atoms with Gasteiger partial charge in [-0.3, -0.25) is 14.9 Å². The van der Waals surface area contributed by atoms with Crippen LogP contribution in [-0.4, -0.2) is 59.1 Å². The van der Waals surface area contributed by atoms with Crippen LogP contribution in [0.25, 0.3) is 0 Å². The summed E-state index contributed by atoms with van der Waals surface area (Å²) >= 11 is 1.19. The van der Waals surface area contributed by atoms with Crippen molar-refractivity contribution in [2.75, 3.05) is 37.0 Å². The molecule has 0 atom stereocenters. The molecule has 0 aliphatic carbocycles. The quantitative estimate of drug-likeness (QED) is 0.243. The van der Waals surface area contributed by atoms with E-state index in [0.717, 1.165) is 5.69 Å². The van der Waals surface area contributed by atoms with Gasteiger partial charge in [-0.15, -0.1) is 0 Å². The number of nitro benzene ring substituents is 1. The van der Waals surface area contributed by atoms with Crippen LogP contribution < -0.4 is 10.3 Å². The van der Waals surface area contributed by atoms with Crippen molar-refractivity contribution >= 4 is 35.3 Å². The number of aromatic nitrogens is 2. The first-order valence-corrected chi connectivity index (χ1v) is 9.45. The molecule has 1 aliphatic rings. The number of carbonyl (C=O) groups is 1. The number of amides is 1. The number of thioether (sulfide) groups is 1. The zero-order valence-electron chi connectivity index (χ0n) is 14.9. The minimum atomic E-state index is -0.463. The summed E-state index contributed by atoms with van der Waals surface area (Å²) in [6.45, 7) is 2.53. The Balaban J connectivity index is 1.66. The molecule has 3 rings (SSSR count). The Morgan fingerprint density at radius 3 is 2.82 bits per heavy atom. The molecule has 1 aliphatic heterocycles. The minimum absolute atomic E-state index is 0.0402. The van der Waals surface area contributed by atoms with Crippen molar-refractivity contribution in [1.82, 2.24) is 15.4 Å². The molecule has 1 aromatic heterocycles. The van der Waals surface area contributed by atoms with Crippen molar-refractivity contribution in [1.29, 1.82) is 0 Å². The third-order valence-corrected chi connectivity index (χ3v) is 4.72. The Morgan fingerprint density at radius 1 is 1.36 bits per heavy atom. The first kappa shape index (κ1) is 19.7. The second-order valence-corrected chi connectivity index (χ2v) is 6.66. The van der Waals surface area contributed by atoms with Crippen LogP contribution in [0.1, 0.15) is 5.56 Å². The third-order valence-electron chi connectivity index (χ3n) is 3.84. The number of anilines is 1. The molecule has 1 aromatic carbocycles. The summed E-state index contributed by atoms with van der Waals surface area (Å²) in [4.78, 5) is 32.7. The molecule has 146 valence electrons. The first-order chi connectivity index (χ1) is 13.6. The molecular formula is C17H18N6O4S. The van der Waals surface area contributed by atoms with E-state index in [1.165, 1.54) is 30.1 Å². The lowest BCUT2D eigenvalue weighted by Gasteiger charge is -2.29. The second kappa shape index (κ2) is 9.76. The van der Waals surface area contributed by atoms with Crippen LogP contribution in [0, 0.1) is 10.1 Å². The van der Waals surface area contributed by atoms with Crippen LogP contribution in [0.4, 0.5) is 11.4 Å². The Hall–Kier alpha value is -3.05. The molecule has 1 N–H and O–H groups in total. The third kappa shape index (κ3) is 5.47. The van der Waals surface area contributed by atoms with Gasteiger partial charge >= 0.3 is 0 Å². The molecule has 1 fully saturated rings. The van der Waals surface area contributed by atoms with Gasteiger partial charge in [-0.25, -0.2) is 15.4 Å². The zero-order valence-corrected chi connectivity index (χ0v) is 15.7. The van der Waals surface area contributed by atoms with E-state index in [1.807, 2.05) is 0 Å². The Morgan fingerprint density at radius 2 is 2.11 bits per heavy atom. The summed E-state index contributed by atoms with van der Waals surface area (Å²) in [7, 11) is 0. The Bertz CT molecular complexity index is 858. The molecule has 0 bridgehead atoms. The number of carbonyl (C=O) groups excluding carboxylic acids is 1. The van der Waals surface area contributed by atoms with Gasteiger partial charge in [-0.1, -0.05) is 11.8 Å². The van der Waals surface area contributed by atoms with Crippen molar-refractivity contribution < 1.29 is 14.5 Å². The van der Waals surface area contributed by atoms with E-state index < -0.39 is 4.92 Å². The predicted octanol–water partition coefficient (Wildman–Crippen LogP) is 1.46. The van der Waals surface area contributed by atoms with Gasteiger partial charge in [0.15, 0.2) is 5.16 Å². The number of nitrogens with zero attached hydrogens (tertiary/aromatic N) is 5. The fourth-order valence-electron chi connectivity index (χ4n) is 2.55. The predicted molar refractivity (Wildman–Crippen MR) is 105 cm³/mol. The molecule has 11 heteroatoms. The summed E-state index contributed by atoms with van der Waals surface area (Å²) in [5, 5.41) is 15.5. The number of morpholine rings is 1. The summed E-state index contributed by atoms with van der Waals surface area (Å²) < 4.78 is 5.35. The van der Waals surface area contributed by atoms with E-state index in [0.29, 0.717) is 37.0 Å². The summed E-state index contributed by atoms with van der Waals surface area (Å²) in [5.41, 5.74) is 3.74. The van der Waals surface area contributed by atoms with Crippen molar-refractivity contribution in [2.24, 2.45) is 5.10 Å². The fourth-order valence-corrected chi connectivity index (χ4v) is 3.14. The summed E-state index contributed by atoms with van der Waals surface area (Å²) in [6.07, 6.45) is 4.61. The highest BCUT2D eigenvalue weighted by Gasteiger charge is 2.17. The molecule has 0 spiro atoms. The minimum Gasteiger partial charge on any atom is -0.378 e. The van der Waals surface area contributed by atoms with Crippen LogP contribution in [0.2, 0.25) is 0 Å². The fraction of sp³-hybridized carbons (Fsp3) is 0.294. The molecule has 10 nitrogen and oxygen atoms in total. The SMILES string of the molecule is O=C(CSc1ncccn1)N/N=C\c1cc([N+](=O)[O-])ccc1N1CCOCC1. The standard InChI is InChI=1S/C17H18N6O4S/c24-16(12-28-17-18-4-1-5-19-17)21-20-11-13-10-14(23(25)26)2-3-15(13)22-6-8-27-9-7-22/h1-5,10-11H,6-9,12H2,(H,21,24)/b20-11-. The number of benzene rings is 1. The van der Waals surface area contributed by atoms with E-state index >= 15 is 0 Å². The number of hydrogen-bond acceptors (Lipinski definition) is 9. The maximum atomic E-state index is 11.9. The lowest BCUT2D eigenvalue weighted by atomic mass is 10.1. The summed E-state index contributed by atoms with van der Waals surface area (Å²) in [6, 6.07) is 6.28. The molecule has 0 saturated carbocycles. The van der Waals surface area contributed by atoms with Gasteiger partial charge in [-0.05, 0) is 12.1 Å². The highest BCUT2D eigenvalue weighted by atomic mass is 32.2. The Labute approximate surface area is 165 Å². The molecule has 1 amide bonds. The number of nitrogens with one attached hydrogen (secondary N) is 1. The molecule has 2 heterocycles. The van der Waals surface area contributed by atoms with E-state index in [9.17, 15) is 14.9 Å². The van der Waals surface area contributed by atoms with Crippen molar-refractivity contribution in [3.05, 3.63) is 52.3 Å². The highest BCUT2D eigenvalue weighted by Crippen LogP contribution is 2.25. The lowest BCUT2D eigenvalue weighted by Crippen LogP contribution is -2.36. The van der Waals surface area contributed by atoms with Crippen LogP contribution in [0.5, 0.6) is 0 Å². The van der Waals surface area contributed by atoms with Gasteiger partial charge in [0, 0.05) is 48.9 Å². The smallest absolute Gasteiger partial charge is 0.270 e. The number of nitro groups is 1. The van der Waals surface area contributed by atoms with Crippen molar-refractivity contribution in [3.8, 4) is 0 Å².